The van der Waals surface area contributed by atoms with E-state index in [2.05, 4.69) is 14.7 Å². The molecule has 1 aliphatic rings. The fraction of sp³-hybridized carbons (Fsp3) is 0.280. The Morgan fingerprint density at radius 3 is 2.68 bits per heavy atom. The summed E-state index contributed by atoms with van der Waals surface area (Å²) in [6.45, 7) is 0.867. The molecule has 1 fully saturated rings. The lowest BCUT2D eigenvalue weighted by molar-refractivity contribution is 0.120. The predicted molar refractivity (Wildman–Crippen MR) is 140 cm³/mol. The van der Waals surface area contributed by atoms with E-state index in [1.165, 1.54) is 24.4 Å². The first kappa shape index (κ1) is 25.4. The number of hydrogen-bond acceptors (Lipinski definition) is 8. The SMILES string of the molecule is COc1ccccc1S(=O)(=O)NCc1ccc(-c2nn([C@@H]3CCCN(C(=O)O)C3)c3ncnc(N)c23)cc1. The van der Waals surface area contributed by atoms with E-state index in [-0.39, 0.29) is 29.0 Å². The summed E-state index contributed by atoms with van der Waals surface area (Å²) in [6, 6.07) is 13.5. The molecule has 2 aromatic carbocycles. The zero-order valence-electron chi connectivity index (χ0n) is 20.6. The van der Waals surface area contributed by atoms with Crippen LogP contribution in [0, 0.1) is 0 Å². The number of fused-ring (bicyclic) bond motifs is 1. The topological polar surface area (TPSA) is 166 Å². The molecule has 4 N–H and O–H groups in total. The molecule has 1 atom stereocenters. The molecule has 13 heteroatoms. The van der Waals surface area contributed by atoms with Crippen molar-refractivity contribution in [3.63, 3.8) is 0 Å². The lowest BCUT2D eigenvalue weighted by Crippen LogP contribution is -2.40. The highest BCUT2D eigenvalue weighted by molar-refractivity contribution is 7.89. The maximum absolute atomic E-state index is 12.8. The molecular weight excluding hydrogens is 510 g/mol. The molecular formula is C25H27N7O5S. The number of nitrogen functional groups attached to an aromatic ring is 1. The van der Waals surface area contributed by atoms with Gasteiger partial charge < -0.3 is 20.5 Å². The molecule has 0 unspecified atom stereocenters. The number of piperidine rings is 1. The number of nitrogens with one attached hydrogen (secondary N) is 1. The number of nitrogens with two attached hydrogens (primary N) is 1. The number of rotatable bonds is 7. The summed E-state index contributed by atoms with van der Waals surface area (Å²) in [5.74, 6) is 0.540. The summed E-state index contributed by atoms with van der Waals surface area (Å²) >= 11 is 0. The van der Waals surface area contributed by atoms with E-state index in [0.29, 0.717) is 36.2 Å². The average molecular weight is 538 g/mol. The van der Waals surface area contributed by atoms with Crippen molar-refractivity contribution in [2.75, 3.05) is 25.9 Å². The van der Waals surface area contributed by atoms with E-state index >= 15 is 0 Å². The number of likely N-dealkylation sites (tertiary alicyclic amines) is 1. The minimum absolute atomic E-state index is 0.0655. The normalized spacial score (nSPS) is 16.0. The highest BCUT2D eigenvalue weighted by atomic mass is 32.2. The van der Waals surface area contributed by atoms with Gasteiger partial charge in [-0.2, -0.15) is 5.10 Å². The molecule has 0 bridgehead atoms. The Labute approximate surface area is 219 Å². The summed E-state index contributed by atoms with van der Waals surface area (Å²) in [5.41, 5.74) is 8.83. The van der Waals surface area contributed by atoms with Crippen molar-refractivity contribution in [1.82, 2.24) is 29.4 Å². The van der Waals surface area contributed by atoms with E-state index in [0.717, 1.165) is 17.5 Å². The first-order chi connectivity index (χ1) is 18.3. The Morgan fingerprint density at radius 2 is 1.95 bits per heavy atom. The van der Waals surface area contributed by atoms with Crippen LogP contribution in [0.2, 0.25) is 0 Å². The maximum Gasteiger partial charge on any atom is 0.407 e. The number of ether oxygens (including phenoxy) is 1. The van der Waals surface area contributed by atoms with Crippen molar-refractivity contribution in [3.8, 4) is 17.0 Å². The number of sulfonamides is 1. The van der Waals surface area contributed by atoms with Crippen molar-refractivity contribution < 1.29 is 23.1 Å². The summed E-state index contributed by atoms with van der Waals surface area (Å²) in [4.78, 5) is 21.5. The van der Waals surface area contributed by atoms with Gasteiger partial charge in [0.2, 0.25) is 10.0 Å². The summed E-state index contributed by atoms with van der Waals surface area (Å²) < 4.78 is 35.1. The molecule has 0 aliphatic carbocycles. The molecule has 4 aromatic rings. The van der Waals surface area contributed by atoms with Gasteiger partial charge in [0.25, 0.3) is 0 Å². The van der Waals surface area contributed by atoms with Gasteiger partial charge in [0.15, 0.2) is 5.65 Å². The fourth-order valence-electron chi connectivity index (χ4n) is 4.66. The average Bonchev–Trinajstić information content (AvgIpc) is 3.33. The lowest BCUT2D eigenvalue weighted by atomic mass is 10.1. The zero-order valence-corrected chi connectivity index (χ0v) is 21.4. The Kier molecular flexibility index (Phi) is 6.87. The number of benzene rings is 2. The number of methoxy groups -OCH3 is 1. The molecule has 3 heterocycles. The molecule has 2 aromatic heterocycles. The second-order valence-electron chi connectivity index (χ2n) is 8.95. The predicted octanol–water partition coefficient (Wildman–Crippen LogP) is 2.88. The van der Waals surface area contributed by atoms with Gasteiger partial charge >= 0.3 is 6.09 Å². The third-order valence-corrected chi connectivity index (χ3v) is 8.02. The first-order valence-electron chi connectivity index (χ1n) is 12.0. The minimum Gasteiger partial charge on any atom is -0.495 e. The summed E-state index contributed by atoms with van der Waals surface area (Å²) in [5, 5.41) is 14.8. The van der Waals surface area contributed by atoms with E-state index < -0.39 is 16.1 Å². The molecule has 1 amide bonds. The number of hydrogen-bond donors (Lipinski definition) is 3. The number of amides is 1. The number of carbonyl (C=O) groups is 1. The van der Waals surface area contributed by atoms with Gasteiger partial charge in [-0.3, -0.25) is 0 Å². The molecule has 0 spiro atoms. The largest absolute Gasteiger partial charge is 0.495 e. The van der Waals surface area contributed by atoms with E-state index in [9.17, 15) is 18.3 Å². The van der Waals surface area contributed by atoms with Crippen LogP contribution in [-0.2, 0) is 16.6 Å². The highest BCUT2D eigenvalue weighted by Crippen LogP contribution is 2.34. The Bertz CT molecular complexity index is 1590. The molecule has 0 radical (unpaired) electrons. The van der Waals surface area contributed by atoms with E-state index in [4.69, 9.17) is 15.6 Å². The van der Waals surface area contributed by atoms with Crippen molar-refractivity contribution in [1.29, 1.82) is 0 Å². The van der Waals surface area contributed by atoms with Gasteiger partial charge in [0.1, 0.15) is 28.5 Å². The number of aromatic nitrogens is 4. The zero-order chi connectivity index (χ0) is 26.9. The van der Waals surface area contributed by atoms with Crippen molar-refractivity contribution >= 4 is 33.0 Å². The smallest absolute Gasteiger partial charge is 0.407 e. The van der Waals surface area contributed by atoms with Gasteiger partial charge in [-0.1, -0.05) is 36.4 Å². The van der Waals surface area contributed by atoms with E-state index in [1.54, 1.807) is 35.0 Å². The van der Waals surface area contributed by atoms with Crippen molar-refractivity contribution in [2.45, 2.75) is 30.3 Å². The van der Waals surface area contributed by atoms with Gasteiger partial charge in [0.05, 0.1) is 18.5 Å². The van der Waals surface area contributed by atoms with Crippen LogP contribution in [-0.4, -0.2) is 64.5 Å². The molecule has 0 saturated carbocycles. The number of para-hydroxylation sites is 1. The number of carboxylic acid groups (broad SMARTS) is 1. The van der Waals surface area contributed by atoms with Crippen LogP contribution in [0.3, 0.4) is 0 Å². The van der Waals surface area contributed by atoms with Crippen LogP contribution in [0.15, 0.2) is 59.8 Å². The summed E-state index contributed by atoms with van der Waals surface area (Å²) in [6.07, 6.45) is 1.88. The van der Waals surface area contributed by atoms with Crippen molar-refractivity contribution in [3.05, 3.63) is 60.4 Å². The molecule has 38 heavy (non-hydrogen) atoms. The third kappa shape index (κ3) is 4.85. The molecule has 198 valence electrons. The molecule has 1 saturated heterocycles. The Hall–Kier alpha value is -4.23. The third-order valence-electron chi connectivity index (χ3n) is 6.58. The second-order valence-corrected chi connectivity index (χ2v) is 10.7. The highest BCUT2D eigenvalue weighted by Gasteiger charge is 2.28. The summed E-state index contributed by atoms with van der Waals surface area (Å²) in [7, 11) is -2.36. The van der Waals surface area contributed by atoms with Gasteiger partial charge in [-0.25, -0.2) is 32.6 Å². The van der Waals surface area contributed by atoms with Crippen molar-refractivity contribution in [2.24, 2.45) is 0 Å². The Balaban J connectivity index is 1.41. The van der Waals surface area contributed by atoms with Gasteiger partial charge in [-0.05, 0) is 30.5 Å². The standard InChI is InChI=1S/C25H27N7O5S/c1-37-19-6-2-3-7-20(19)38(35,36)29-13-16-8-10-17(11-9-16)22-21-23(26)27-15-28-24(21)32(30-22)18-5-4-12-31(14-18)25(33)34/h2-3,6-11,15,18,29H,4-5,12-14H2,1H3,(H,33,34)(H2,26,27,28)/t18-/m1/s1. The number of nitrogens with zero attached hydrogens (tertiary/aromatic N) is 5. The fourth-order valence-corrected chi connectivity index (χ4v) is 5.84. The monoisotopic (exact) mass is 537 g/mol. The maximum atomic E-state index is 12.8. The number of anilines is 1. The van der Waals surface area contributed by atoms with Crippen LogP contribution >= 0.6 is 0 Å². The van der Waals surface area contributed by atoms with E-state index in [1.807, 2.05) is 12.1 Å². The van der Waals surface area contributed by atoms with Crippen LogP contribution in [0.5, 0.6) is 5.75 Å². The minimum atomic E-state index is -3.79. The second kappa shape index (κ2) is 10.3. The van der Waals surface area contributed by atoms with Crippen LogP contribution in [0.1, 0.15) is 24.4 Å². The Morgan fingerprint density at radius 1 is 1.18 bits per heavy atom. The first-order valence-corrected chi connectivity index (χ1v) is 13.5. The molecule has 1 aliphatic heterocycles. The lowest BCUT2D eigenvalue weighted by Gasteiger charge is -2.30. The van der Waals surface area contributed by atoms with Crippen LogP contribution < -0.4 is 15.2 Å². The molecule has 12 nitrogen and oxygen atoms in total. The van der Waals surface area contributed by atoms with Gasteiger partial charge in [-0.15, -0.1) is 0 Å². The van der Waals surface area contributed by atoms with Crippen LogP contribution in [0.4, 0.5) is 10.6 Å². The van der Waals surface area contributed by atoms with Gasteiger partial charge in [0, 0.05) is 25.2 Å². The quantitative estimate of drug-likeness (QED) is 0.321. The van der Waals surface area contributed by atoms with Crippen LogP contribution in [0.25, 0.3) is 22.3 Å². The molecule has 5 rings (SSSR count).